The lowest BCUT2D eigenvalue weighted by Gasteiger charge is -2.44. The monoisotopic (exact) mass is 549 g/mol. The van der Waals surface area contributed by atoms with Gasteiger partial charge in [0.1, 0.15) is 11.9 Å². The quantitative estimate of drug-likeness (QED) is 0.445. The van der Waals surface area contributed by atoms with Gasteiger partial charge in [-0.15, -0.1) is 0 Å². The van der Waals surface area contributed by atoms with Gasteiger partial charge in [-0.2, -0.15) is 0 Å². The Morgan fingerprint density at radius 3 is 2.64 bits per heavy atom. The first-order chi connectivity index (χ1) is 17.3. The molecule has 1 spiro atoms. The highest BCUT2D eigenvalue weighted by atomic mass is 79.9. The van der Waals surface area contributed by atoms with Crippen LogP contribution in [0.3, 0.4) is 0 Å². The van der Waals surface area contributed by atoms with E-state index in [4.69, 9.17) is 14.3 Å². The number of benzene rings is 2. The van der Waals surface area contributed by atoms with Crippen molar-refractivity contribution in [3.8, 4) is 5.75 Å². The molecule has 2 aromatic rings. The molecule has 2 aromatic carbocycles. The van der Waals surface area contributed by atoms with Gasteiger partial charge in [-0.25, -0.2) is 9.86 Å². The van der Waals surface area contributed by atoms with E-state index in [1.54, 1.807) is 13.2 Å². The van der Waals surface area contributed by atoms with Crippen LogP contribution in [-0.4, -0.2) is 30.6 Å². The summed E-state index contributed by atoms with van der Waals surface area (Å²) >= 11 is 3.61. The molecule has 0 aromatic heterocycles. The van der Waals surface area contributed by atoms with Crippen LogP contribution in [0.15, 0.2) is 76.3 Å². The molecule has 3 fully saturated rings. The number of nitrogens with zero attached hydrogens (tertiary/aromatic N) is 1. The van der Waals surface area contributed by atoms with Crippen molar-refractivity contribution in [1.29, 1.82) is 0 Å². The molecule has 6 nitrogen and oxygen atoms in total. The van der Waals surface area contributed by atoms with Crippen LogP contribution in [0.2, 0.25) is 0 Å². The molecule has 36 heavy (non-hydrogen) atoms. The summed E-state index contributed by atoms with van der Waals surface area (Å²) in [6.07, 6.45) is 5.22. The summed E-state index contributed by atoms with van der Waals surface area (Å²) < 4.78 is 12.4. The number of ketones is 1. The molecule has 7 heteroatoms. The third-order valence-corrected chi connectivity index (χ3v) is 9.03. The number of hydroxylamine groups is 1. The number of anilines is 1. The van der Waals surface area contributed by atoms with Crippen molar-refractivity contribution in [2.75, 3.05) is 12.2 Å². The minimum Gasteiger partial charge on any atom is -0.496 e. The maximum absolute atomic E-state index is 13.7. The van der Waals surface area contributed by atoms with Gasteiger partial charge in [-0.1, -0.05) is 37.3 Å². The summed E-state index contributed by atoms with van der Waals surface area (Å²) in [4.78, 5) is 33.0. The molecule has 0 amide bonds. The van der Waals surface area contributed by atoms with E-state index in [1.807, 2.05) is 66.6 Å². The molecule has 1 unspecified atom stereocenters. The lowest BCUT2D eigenvalue weighted by Crippen LogP contribution is -2.47. The molecule has 1 saturated carbocycles. The average molecular weight is 550 g/mol. The number of para-hydroxylation sites is 1. The van der Waals surface area contributed by atoms with Crippen LogP contribution < -0.4 is 9.80 Å². The van der Waals surface area contributed by atoms with Crippen LogP contribution in [0.5, 0.6) is 5.75 Å². The number of ether oxygens (including phenoxy) is 2. The van der Waals surface area contributed by atoms with E-state index < -0.39 is 11.7 Å². The van der Waals surface area contributed by atoms with Crippen LogP contribution >= 0.6 is 15.9 Å². The van der Waals surface area contributed by atoms with Gasteiger partial charge < -0.3 is 9.47 Å². The Balaban J connectivity index is 1.44. The Hall–Kier alpha value is -2.90. The van der Waals surface area contributed by atoms with Crippen molar-refractivity contribution in [1.82, 2.24) is 0 Å². The zero-order chi connectivity index (χ0) is 25.2. The van der Waals surface area contributed by atoms with Crippen molar-refractivity contribution < 1.29 is 23.9 Å². The Labute approximate surface area is 219 Å². The van der Waals surface area contributed by atoms with Crippen molar-refractivity contribution >= 4 is 33.4 Å². The number of hydrogen-bond donors (Lipinski definition) is 0. The highest BCUT2D eigenvalue weighted by Crippen LogP contribution is 2.59. The number of halogens is 1. The Morgan fingerprint density at radius 2 is 1.92 bits per heavy atom. The SMILES string of the molecule is COc1ccc([C@@H]2CC3(ON2c2ccccc2)C(=O)O[C@@H]2C4=C(C)C(=O)C=C[C@]4(C)CC[C@H]23)cc1Br. The van der Waals surface area contributed by atoms with E-state index in [2.05, 4.69) is 22.9 Å². The second-order valence-electron chi connectivity index (χ2n) is 10.4. The molecule has 0 bridgehead atoms. The summed E-state index contributed by atoms with van der Waals surface area (Å²) in [5, 5.41) is 1.86. The third kappa shape index (κ3) is 3.32. The lowest BCUT2D eigenvalue weighted by molar-refractivity contribution is -0.157. The number of esters is 1. The van der Waals surface area contributed by atoms with Gasteiger partial charge in [-0.3, -0.25) is 9.63 Å². The van der Waals surface area contributed by atoms with Gasteiger partial charge in [0, 0.05) is 23.3 Å². The zero-order valence-corrected chi connectivity index (χ0v) is 22.1. The molecule has 0 N–H and O–H groups in total. The Kier molecular flexibility index (Phi) is 5.43. The largest absolute Gasteiger partial charge is 0.496 e. The van der Waals surface area contributed by atoms with Crippen LogP contribution in [0, 0.1) is 11.3 Å². The fourth-order valence-electron chi connectivity index (χ4n) is 6.52. The van der Waals surface area contributed by atoms with Gasteiger partial charge in [0.2, 0.25) is 5.60 Å². The summed E-state index contributed by atoms with van der Waals surface area (Å²) in [6.45, 7) is 3.98. The van der Waals surface area contributed by atoms with E-state index in [0.29, 0.717) is 12.0 Å². The van der Waals surface area contributed by atoms with Crippen LogP contribution in [-0.2, 0) is 19.2 Å². The molecule has 2 heterocycles. The average Bonchev–Trinajstić information content (AvgIpc) is 3.40. The van der Waals surface area contributed by atoms with Crippen molar-refractivity contribution in [3.63, 3.8) is 0 Å². The number of carbonyl (C=O) groups excluding carboxylic acids is 2. The summed E-state index contributed by atoms with van der Waals surface area (Å²) in [5.74, 6) is 0.197. The van der Waals surface area contributed by atoms with Gasteiger partial charge in [0.25, 0.3) is 0 Å². The predicted molar refractivity (Wildman–Crippen MR) is 138 cm³/mol. The molecule has 186 valence electrons. The number of hydrogen-bond acceptors (Lipinski definition) is 6. The Bertz CT molecular complexity index is 1320. The zero-order valence-electron chi connectivity index (χ0n) is 20.5. The van der Waals surface area contributed by atoms with Crippen molar-refractivity contribution in [3.05, 3.63) is 81.9 Å². The molecule has 2 aliphatic carbocycles. The van der Waals surface area contributed by atoms with Crippen molar-refractivity contribution in [2.24, 2.45) is 11.3 Å². The van der Waals surface area contributed by atoms with Gasteiger partial charge in [0.15, 0.2) is 5.78 Å². The normalized spacial score (nSPS) is 33.1. The first-order valence-electron chi connectivity index (χ1n) is 12.3. The molecule has 2 saturated heterocycles. The van der Waals surface area contributed by atoms with E-state index in [9.17, 15) is 9.59 Å². The summed E-state index contributed by atoms with van der Waals surface area (Å²) in [7, 11) is 1.64. The molecule has 2 aliphatic heterocycles. The van der Waals surface area contributed by atoms with Crippen LogP contribution in [0.25, 0.3) is 0 Å². The van der Waals surface area contributed by atoms with Crippen LogP contribution in [0.1, 0.15) is 44.7 Å². The highest BCUT2D eigenvalue weighted by molar-refractivity contribution is 9.10. The predicted octanol–water partition coefficient (Wildman–Crippen LogP) is 5.88. The van der Waals surface area contributed by atoms with Crippen LogP contribution in [0.4, 0.5) is 5.69 Å². The van der Waals surface area contributed by atoms with E-state index in [0.717, 1.165) is 39.9 Å². The fraction of sp³-hybridized carbons (Fsp3) is 0.379. The number of carbonyl (C=O) groups is 2. The molecule has 0 radical (unpaired) electrons. The highest BCUT2D eigenvalue weighted by Gasteiger charge is 2.68. The third-order valence-electron chi connectivity index (χ3n) is 8.41. The van der Waals surface area contributed by atoms with Gasteiger partial charge in [-0.05, 0) is 77.2 Å². The molecule has 5 atom stereocenters. The second-order valence-corrected chi connectivity index (χ2v) is 11.2. The fourth-order valence-corrected chi connectivity index (χ4v) is 7.08. The lowest BCUT2D eigenvalue weighted by atomic mass is 9.60. The number of rotatable bonds is 3. The number of methoxy groups -OCH3 is 1. The van der Waals surface area contributed by atoms with Crippen molar-refractivity contribution in [2.45, 2.75) is 50.9 Å². The second kappa shape index (κ2) is 8.32. The minimum absolute atomic E-state index is 0.0145. The smallest absolute Gasteiger partial charge is 0.342 e. The van der Waals surface area contributed by atoms with Gasteiger partial charge in [0.05, 0.1) is 23.3 Å². The first-order valence-corrected chi connectivity index (χ1v) is 13.1. The topological polar surface area (TPSA) is 65.1 Å². The molecular weight excluding hydrogens is 522 g/mol. The van der Waals surface area contributed by atoms with E-state index in [-0.39, 0.29) is 29.1 Å². The van der Waals surface area contributed by atoms with Gasteiger partial charge >= 0.3 is 5.97 Å². The van der Waals surface area contributed by atoms with E-state index >= 15 is 0 Å². The minimum atomic E-state index is -1.13. The maximum Gasteiger partial charge on any atom is 0.342 e. The summed E-state index contributed by atoms with van der Waals surface area (Å²) in [6, 6.07) is 15.6. The van der Waals surface area contributed by atoms with E-state index in [1.165, 1.54) is 0 Å². The molecular formula is C29H28BrNO5. The molecule has 4 aliphatic rings. The Morgan fingerprint density at radius 1 is 1.14 bits per heavy atom. The maximum atomic E-state index is 13.7. The standard InChI is InChI=1S/C29H28BrNO5/c1-17-23(32)12-14-28(2)13-11-20-26(25(17)28)35-27(33)29(20)16-22(18-9-10-24(34-3)21(30)15-18)31(36-29)19-7-5-4-6-8-19/h4-10,12,14-15,20,22,26H,11,13,16H2,1-3H3/t20-,22+,26+,28+,29?/m1/s1. The number of fused-ring (bicyclic) bond motifs is 4. The number of allylic oxidation sites excluding steroid dienone is 3. The summed E-state index contributed by atoms with van der Waals surface area (Å²) in [5.41, 5.74) is 2.08. The molecule has 6 rings (SSSR count). The first kappa shape index (κ1) is 23.5.